The first kappa shape index (κ1) is 15.2. The molecule has 0 unspecified atom stereocenters. The molecule has 0 bridgehead atoms. The molecule has 3 aromatic rings. The molecule has 2 aromatic carbocycles. The number of hydrogen-bond acceptors (Lipinski definition) is 4. The van der Waals surface area contributed by atoms with Crippen LogP contribution < -0.4 is 10.6 Å². The zero-order chi connectivity index (χ0) is 16.2. The second kappa shape index (κ2) is 6.58. The first-order chi connectivity index (χ1) is 11.2. The number of rotatable bonds is 5. The minimum absolute atomic E-state index is 0.356. The summed E-state index contributed by atoms with van der Waals surface area (Å²) in [6.07, 6.45) is 0. The number of anilines is 1. The predicted octanol–water partition coefficient (Wildman–Crippen LogP) is 2.18. The number of aromatic nitrogens is 3. The highest BCUT2D eigenvalue weighted by Gasteiger charge is 2.15. The molecule has 0 radical (unpaired) electrons. The van der Waals surface area contributed by atoms with Gasteiger partial charge in [0, 0.05) is 18.8 Å². The molecule has 0 aliphatic heterocycles. The molecule has 3 N–H and O–H groups in total. The van der Waals surface area contributed by atoms with Gasteiger partial charge in [0.1, 0.15) is 17.9 Å². The topological polar surface area (TPSA) is 83.8 Å². The van der Waals surface area contributed by atoms with E-state index in [9.17, 15) is 0 Å². The number of hydrogen-bond donors (Lipinski definition) is 2. The highest BCUT2D eigenvalue weighted by atomic mass is 15.4. The average molecular weight is 308 g/mol. The van der Waals surface area contributed by atoms with Crippen molar-refractivity contribution >= 4 is 22.6 Å². The van der Waals surface area contributed by atoms with Crippen LogP contribution >= 0.6 is 0 Å². The summed E-state index contributed by atoms with van der Waals surface area (Å²) in [7, 11) is 0. The van der Waals surface area contributed by atoms with Gasteiger partial charge in [-0.1, -0.05) is 35.5 Å². The van der Waals surface area contributed by atoms with Crippen molar-refractivity contribution < 1.29 is 0 Å². The number of benzene rings is 2. The Morgan fingerprint density at radius 3 is 2.70 bits per heavy atom. The fourth-order valence-electron chi connectivity index (χ4n) is 2.66. The van der Waals surface area contributed by atoms with Crippen LogP contribution in [0.4, 0.5) is 5.69 Å². The van der Waals surface area contributed by atoms with E-state index in [0.29, 0.717) is 25.5 Å². The molecule has 6 nitrogen and oxygen atoms in total. The van der Waals surface area contributed by atoms with Gasteiger partial charge in [0.25, 0.3) is 0 Å². The minimum Gasteiger partial charge on any atom is -0.329 e. The van der Waals surface area contributed by atoms with Crippen molar-refractivity contribution in [3.8, 4) is 0 Å². The molecule has 1 aromatic heterocycles. The maximum absolute atomic E-state index is 8.52. The Kier molecular flexibility index (Phi) is 4.34. The van der Waals surface area contributed by atoms with Crippen LogP contribution in [0.1, 0.15) is 5.56 Å². The third-order valence-corrected chi connectivity index (χ3v) is 3.80. The summed E-state index contributed by atoms with van der Waals surface area (Å²) in [5.41, 5.74) is 9.63. The van der Waals surface area contributed by atoms with Gasteiger partial charge in [-0.25, -0.2) is 4.68 Å². The number of nitrogens with two attached hydrogens (primary N) is 1. The molecule has 0 fully saturated rings. The Morgan fingerprint density at radius 2 is 1.91 bits per heavy atom. The van der Waals surface area contributed by atoms with Crippen molar-refractivity contribution in [2.75, 3.05) is 18.0 Å². The van der Waals surface area contributed by atoms with E-state index in [2.05, 4.69) is 10.3 Å². The lowest BCUT2D eigenvalue weighted by atomic mass is 10.1. The molecular formula is C17H20N6. The summed E-state index contributed by atoms with van der Waals surface area (Å²) in [5.74, 6) is 0.445. The molecule has 0 aliphatic carbocycles. The fourth-order valence-corrected chi connectivity index (χ4v) is 2.66. The van der Waals surface area contributed by atoms with E-state index in [0.717, 1.165) is 22.3 Å². The second-order valence-corrected chi connectivity index (χ2v) is 5.41. The minimum atomic E-state index is 0.356. The number of fused-ring (bicyclic) bond motifs is 1. The van der Waals surface area contributed by atoms with Gasteiger partial charge < -0.3 is 10.6 Å². The van der Waals surface area contributed by atoms with Gasteiger partial charge in [-0.05, 0) is 30.7 Å². The lowest BCUT2D eigenvalue weighted by Gasteiger charge is -2.26. The molecule has 0 saturated carbocycles. The first-order valence-electron chi connectivity index (χ1n) is 7.59. The van der Waals surface area contributed by atoms with Crippen molar-refractivity contribution in [3.05, 3.63) is 54.1 Å². The van der Waals surface area contributed by atoms with Gasteiger partial charge in [-0.3, -0.25) is 5.41 Å². The number of aryl methyl sites for hydroxylation is 1. The van der Waals surface area contributed by atoms with Crippen LogP contribution in [0, 0.1) is 12.3 Å². The fraction of sp³-hybridized carbons (Fsp3) is 0.235. The normalized spacial score (nSPS) is 10.9. The smallest absolute Gasteiger partial charge is 0.123 e. The number of para-hydroxylation sites is 2. The second-order valence-electron chi connectivity index (χ2n) is 5.41. The summed E-state index contributed by atoms with van der Waals surface area (Å²) in [6.45, 7) is 3.47. The van der Waals surface area contributed by atoms with E-state index < -0.39 is 0 Å². The zero-order valence-electron chi connectivity index (χ0n) is 13.1. The molecule has 0 amide bonds. The van der Waals surface area contributed by atoms with Gasteiger partial charge in [-0.15, -0.1) is 5.10 Å². The molecule has 118 valence electrons. The monoisotopic (exact) mass is 308 g/mol. The van der Waals surface area contributed by atoms with Gasteiger partial charge in [0.05, 0.1) is 5.52 Å². The van der Waals surface area contributed by atoms with Crippen molar-refractivity contribution in [1.29, 1.82) is 5.41 Å². The van der Waals surface area contributed by atoms with Gasteiger partial charge >= 0.3 is 0 Å². The molecule has 1 heterocycles. The first-order valence-corrected chi connectivity index (χ1v) is 7.59. The standard InChI is InChI=1S/C17H20N6/c1-13-6-2-4-8-15(13)22(11-10-18)17(19)12-23-16-9-5-3-7-14(16)20-21-23/h2-9,19H,10-12,18H2,1H3. The van der Waals surface area contributed by atoms with Crippen molar-refractivity contribution in [1.82, 2.24) is 15.0 Å². The SMILES string of the molecule is Cc1ccccc1N(CCN)C(=N)Cn1nnc2ccccc21. The van der Waals surface area contributed by atoms with E-state index >= 15 is 0 Å². The van der Waals surface area contributed by atoms with Crippen molar-refractivity contribution in [2.24, 2.45) is 5.73 Å². The molecule has 0 spiro atoms. The van der Waals surface area contributed by atoms with Gasteiger partial charge in [0.2, 0.25) is 0 Å². The largest absolute Gasteiger partial charge is 0.329 e. The number of nitrogens with zero attached hydrogens (tertiary/aromatic N) is 4. The average Bonchev–Trinajstić information content (AvgIpc) is 2.97. The maximum Gasteiger partial charge on any atom is 0.123 e. The molecular weight excluding hydrogens is 288 g/mol. The maximum atomic E-state index is 8.52. The summed E-state index contributed by atoms with van der Waals surface area (Å²) in [5, 5.41) is 16.8. The number of nitrogens with one attached hydrogen (secondary N) is 1. The van der Waals surface area contributed by atoms with Crippen LogP contribution in [0.15, 0.2) is 48.5 Å². The van der Waals surface area contributed by atoms with Crippen LogP contribution in [0.3, 0.4) is 0 Å². The van der Waals surface area contributed by atoms with E-state index in [-0.39, 0.29) is 0 Å². The third-order valence-electron chi connectivity index (χ3n) is 3.80. The quantitative estimate of drug-likeness (QED) is 0.559. The molecule has 23 heavy (non-hydrogen) atoms. The summed E-state index contributed by atoms with van der Waals surface area (Å²) >= 11 is 0. The highest BCUT2D eigenvalue weighted by Crippen LogP contribution is 2.20. The van der Waals surface area contributed by atoms with E-state index in [1.54, 1.807) is 4.68 Å². The Bertz CT molecular complexity index is 823. The van der Waals surface area contributed by atoms with E-state index in [4.69, 9.17) is 11.1 Å². The summed E-state index contributed by atoms with van der Waals surface area (Å²) in [4.78, 5) is 1.94. The van der Waals surface area contributed by atoms with Crippen LogP contribution in [0.25, 0.3) is 11.0 Å². The van der Waals surface area contributed by atoms with Crippen LogP contribution in [0.5, 0.6) is 0 Å². The predicted molar refractivity (Wildman–Crippen MR) is 92.8 cm³/mol. The van der Waals surface area contributed by atoms with Gasteiger partial charge in [-0.2, -0.15) is 0 Å². The van der Waals surface area contributed by atoms with Gasteiger partial charge in [0.15, 0.2) is 0 Å². The lowest BCUT2D eigenvalue weighted by Crippen LogP contribution is -2.37. The lowest BCUT2D eigenvalue weighted by molar-refractivity contribution is 0.689. The molecule has 6 heteroatoms. The molecule has 0 aliphatic rings. The Labute approximate surface area is 135 Å². The molecule has 0 atom stereocenters. The summed E-state index contributed by atoms with van der Waals surface area (Å²) in [6, 6.07) is 15.8. The number of amidine groups is 1. The Balaban J connectivity index is 1.89. The Morgan fingerprint density at radius 1 is 1.17 bits per heavy atom. The molecule has 3 rings (SSSR count). The van der Waals surface area contributed by atoms with Crippen LogP contribution in [-0.4, -0.2) is 33.9 Å². The highest BCUT2D eigenvalue weighted by molar-refractivity contribution is 5.96. The van der Waals surface area contributed by atoms with E-state index in [1.165, 1.54) is 0 Å². The summed E-state index contributed by atoms with van der Waals surface area (Å²) < 4.78 is 1.75. The Hall–Kier alpha value is -2.73. The van der Waals surface area contributed by atoms with E-state index in [1.807, 2.05) is 60.4 Å². The molecule has 0 saturated heterocycles. The van der Waals surface area contributed by atoms with Crippen LogP contribution in [0.2, 0.25) is 0 Å². The third kappa shape index (κ3) is 3.07. The zero-order valence-corrected chi connectivity index (χ0v) is 13.1. The van der Waals surface area contributed by atoms with Crippen molar-refractivity contribution in [2.45, 2.75) is 13.5 Å². The van der Waals surface area contributed by atoms with Crippen LogP contribution in [-0.2, 0) is 6.54 Å². The van der Waals surface area contributed by atoms with Crippen molar-refractivity contribution in [3.63, 3.8) is 0 Å².